The van der Waals surface area contributed by atoms with Crippen LogP contribution in [-0.4, -0.2) is 33.9 Å². The van der Waals surface area contributed by atoms with Crippen LogP contribution in [0.1, 0.15) is 44.2 Å². The van der Waals surface area contributed by atoms with Crippen LogP contribution in [0.2, 0.25) is 0 Å². The number of nitrogens with one attached hydrogen (secondary N) is 1. The van der Waals surface area contributed by atoms with Gasteiger partial charge in [-0.15, -0.1) is 0 Å². The number of carbonyl (C=O) groups excluding carboxylic acids is 1. The van der Waals surface area contributed by atoms with Gasteiger partial charge in [0.25, 0.3) is 0 Å². The highest BCUT2D eigenvalue weighted by atomic mass is 16.2. The van der Waals surface area contributed by atoms with Crippen molar-refractivity contribution < 1.29 is 4.79 Å². The molecule has 1 N–H and O–H groups in total. The number of likely N-dealkylation sites (tertiary alicyclic amines) is 1. The van der Waals surface area contributed by atoms with Crippen molar-refractivity contribution in [2.24, 2.45) is 5.41 Å². The fourth-order valence-corrected chi connectivity index (χ4v) is 2.66. The molecular weight excluding hydrogens is 214 g/mol. The Labute approximate surface area is 101 Å². The molecule has 0 unspecified atom stereocenters. The van der Waals surface area contributed by atoms with Gasteiger partial charge in [-0.2, -0.15) is 0 Å². The van der Waals surface area contributed by atoms with Gasteiger partial charge in [0, 0.05) is 30.6 Å². The quantitative estimate of drug-likeness (QED) is 0.848. The molecule has 1 saturated carbocycles. The van der Waals surface area contributed by atoms with E-state index in [0.717, 1.165) is 44.5 Å². The van der Waals surface area contributed by atoms with Gasteiger partial charge >= 0.3 is 0 Å². The van der Waals surface area contributed by atoms with Crippen LogP contribution in [0.5, 0.6) is 0 Å². The molecule has 1 aromatic heterocycles. The van der Waals surface area contributed by atoms with Crippen molar-refractivity contribution in [2.75, 3.05) is 13.1 Å². The van der Waals surface area contributed by atoms with Gasteiger partial charge in [-0.1, -0.05) is 6.92 Å². The maximum Gasteiger partial charge on any atom is 0.228 e. The summed E-state index contributed by atoms with van der Waals surface area (Å²) in [7, 11) is 0. The molecule has 1 saturated heterocycles. The van der Waals surface area contributed by atoms with E-state index in [-0.39, 0.29) is 5.41 Å². The number of nitrogens with zero attached hydrogens (tertiary/aromatic N) is 2. The van der Waals surface area contributed by atoms with Crippen molar-refractivity contribution in [3.63, 3.8) is 0 Å². The number of imidazole rings is 1. The Balaban J connectivity index is 1.59. The SMILES string of the molecule is CC1(C(=O)N2CCC(c3c[nH]cn3)CC2)CC1. The Hall–Kier alpha value is -1.32. The second-order valence-electron chi connectivity index (χ2n) is 5.62. The van der Waals surface area contributed by atoms with Gasteiger partial charge in [0.1, 0.15) is 0 Å². The first kappa shape index (κ1) is 10.8. The predicted molar refractivity (Wildman–Crippen MR) is 64.5 cm³/mol. The monoisotopic (exact) mass is 233 g/mol. The molecule has 4 heteroatoms. The van der Waals surface area contributed by atoms with Crippen LogP contribution in [0.15, 0.2) is 12.5 Å². The number of hydrogen-bond acceptors (Lipinski definition) is 2. The zero-order valence-corrected chi connectivity index (χ0v) is 10.3. The third-order valence-electron chi connectivity index (χ3n) is 4.24. The Morgan fingerprint density at radius 3 is 2.71 bits per heavy atom. The standard InChI is InChI=1S/C13H19N3O/c1-13(4-5-13)12(17)16-6-2-10(3-7-16)11-8-14-9-15-11/h8-10H,2-7H2,1H3,(H,14,15). The van der Waals surface area contributed by atoms with E-state index in [0.29, 0.717) is 11.8 Å². The lowest BCUT2D eigenvalue weighted by molar-refractivity contribution is -0.137. The minimum atomic E-state index is -0.0147. The second-order valence-corrected chi connectivity index (χ2v) is 5.62. The molecule has 0 aromatic carbocycles. The summed E-state index contributed by atoms with van der Waals surface area (Å²) >= 11 is 0. The number of amides is 1. The van der Waals surface area contributed by atoms with Crippen LogP contribution in [0.4, 0.5) is 0 Å². The van der Waals surface area contributed by atoms with Gasteiger partial charge in [-0.25, -0.2) is 4.98 Å². The molecule has 1 aliphatic heterocycles. The first-order valence-corrected chi connectivity index (χ1v) is 6.47. The molecule has 2 heterocycles. The number of piperidine rings is 1. The molecule has 2 fully saturated rings. The van der Waals surface area contributed by atoms with Gasteiger partial charge in [0.15, 0.2) is 0 Å². The summed E-state index contributed by atoms with van der Waals surface area (Å²) in [6.07, 6.45) is 7.96. The lowest BCUT2D eigenvalue weighted by atomic mass is 9.93. The molecule has 1 amide bonds. The van der Waals surface area contributed by atoms with Crippen LogP contribution in [0.3, 0.4) is 0 Å². The Morgan fingerprint density at radius 1 is 1.47 bits per heavy atom. The Kier molecular flexibility index (Phi) is 2.45. The molecular formula is C13H19N3O. The third-order valence-corrected chi connectivity index (χ3v) is 4.24. The molecule has 3 rings (SSSR count). The number of carbonyl (C=O) groups is 1. The largest absolute Gasteiger partial charge is 0.351 e. The highest BCUT2D eigenvalue weighted by molar-refractivity contribution is 5.85. The van der Waals surface area contributed by atoms with Crippen LogP contribution < -0.4 is 0 Å². The van der Waals surface area contributed by atoms with Gasteiger partial charge in [-0.3, -0.25) is 4.79 Å². The summed E-state index contributed by atoms with van der Waals surface area (Å²) in [4.78, 5) is 21.5. The maximum atomic E-state index is 12.2. The van der Waals surface area contributed by atoms with Crippen LogP contribution in [0.25, 0.3) is 0 Å². The van der Waals surface area contributed by atoms with Crippen molar-refractivity contribution in [1.82, 2.24) is 14.9 Å². The van der Waals surface area contributed by atoms with E-state index in [4.69, 9.17) is 0 Å². The summed E-state index contributed by atoms with van der Waals surface area (Å²) in [5, 5.41) is 0. The topological polar surface area (TPSA) is 49.0 Å². The summed E-state index contributed by atoms with van der Waals surface area (Å²) < 4.78 is 0. The molecule has 0 bridgehead atoms. The van der Waals surface area contributed by atoms with Gasteiger partial charge < -0.3 is 9.88 Å². The highest BCUT2D eigenvalue weighted by Crippen LogP contribution is 2.47. The summed E-state index contributed by atoms with van der Waals surface area (Å²) in [5.41, 5.74) is 1.13. The van der Waals surface area contributed by atoms with Crippen LogP contribution in [0, 0.1) is 5.41 Å². The third kappa shape index (κ3) is 1.96. The predicted octanol–water partition coefficient (Wildman–Crippen LogP) is 1.92. The molecule has 4 nitrogen and oxygen atoms in total. The lowest BCUT2D eigenvalue weighted by Gasteiger charge is -2.33. The molecule has 1 aliphatic carbocycles. The number of H-pyrrole nitrogens is 1. The minimum Gasteiger partial charge on any atom is -0.351 e. The number of hydrogen-bond donors (Lipinski definition) is 1. The zero-order chi connectivity index (χ0) is 11.9. The van der Waals surface area contributed by atoms with E-state index < -0.39 is 0 Å². The van der Waals surface area contributed by atoms with E-state index >= 15 is 0 Å². The molecule has 92 valence electrons. The Bertz CT molecular complexity index is 400. The van der Waals surface area contributed by atoms with E-state index in [1.54, 1.807) is 6.33 Å². The molecule has 1 aromatic rings. The van der Waals surface area contributed by atoms with Crippen LogP contribution in [-0.2, 0) is 4.79 Å². The first-order chi connectivity index (χ1) is 8.19. The van der Waals surface area contributed by atoms with Gasteiger partial charge in [-0.05, 0) is 25.7 Å². The number of aromatic amines is 1. The number of rotatable bonds is 2. The molecule has 0 spiro atoms. The zero-order valence-electron chi connectivity index (χ0n) is 10.3. The average Bonchev–Trinajstić information content (AvgIpc) is 2.91. The lowest BCUT2D eigenvalue weighted by Crippen LogP contribution is -2.41. The number of aromatic nitrogens is 2. The summed E-state index contributed by atoms with van der Waals surface area (Å²) in [6.45, 7) is 3.88. The summed E-state index contributed by atoms with van der Waals surface area (Å²) in [5.74, 6) is 0.898. The van der Waals surface area contributed by atoms with Crippen molar-refractivity contribution in [2.45, 2.75) is 38.5 Å². The van der Waals surface area contributed by atoms with Gasteiger partial charge in [0.2, 0.25) is 5.91 Å². The van der Waals surface area contributed by atoms with E-state index in [9.17, 15) is 4.79 Å². The molecule has 17 heavy (non-hydrogen) atoms. The summed E-state index contributed by atoms with van der Waals surface area (Å²) in [6, 6.07) is 0. The van der Waals surface area contributed by atoms with Crippen molar-refractivity contribution in [3.8, 4) is 0 Å². The fourth-order valence-electron chi connectivity index (χ4n) is 2.66. The molecule has 0 atom stereocenters. The van der Waals surface area contributed by atoms with Crippen molar-refractivity contribution in [1.29, 1.82) is 0 Å². The van der Waals surface area contributed by atoms with E-state index in [1.807, 2.05) is 6.20 Å². The first-order valence-electron chi connectivity index (χ1n) is 6.47. The second kappa shape index (κ2) is 3.86. The fraction of sp³-hybridized carbons (Fsp3) is 0.692. The van der Waals surface area contributed by atoms with Crippen molar-refractivity contribution >= 4 is 5.91 Å². The van der Waals surface area contributed by atoms with Crippen molar-refractivity contribution in [3.05, 3.63) is 18.2 Å². The average molecular weight is 233 g/mol. The van der Waals surface area contributed by atoms with Gasteiger partial charge in [0.05, 0.1) is 12.0 Å². The smallest absolute Gasteiger partial charge is 0.228 e. The minimum absolute atomic E-state index is 0.0147. The highest BCUT2D eigenvalue weighted by Gasteiger charge is 2.47. The molecule has 0 radical (unpaired) electrons. The maximum absolute atomic E-state index is 12.2. The Morgan fingerprint density at radius 2 is 2.18 bits per heavy atom. The normalized spacial score (nSPS) is 23.7. The van der Waals surface area contributed by atoms with E-state index in [2.05, 4.69) is 21.8 Å². The van der Waals surface area contributed by atoms with E-state index in [1.165, 1.54) is 0 Å². The van der Waals surface area contributed by atoms with Crippen LogP contribution >= 0.6 is 0 Å². The molecule has 2 aliphatic rings.